The number of aliphatic imine (C=N–C) groups is 1. The maximum atomic E-state index is 9.49. The van der Waals surface area contributed by atoms with Crippen LogP contribution < -0.4 is 10.6 Å². The smallest absolute Gasteiger partial charge is 0.191 e. The van der Waals surface area contributed by atoms with Gasteiger partial charge in [0.05, 0.1) is 0 Å². The van der Waals surface area contributed by atoms with Gasteiger partial charge in [0.25, 0.3) is 0 Å². The van der Waals surface area contributed by atoms with Gasteiger partial charge in [-0.25, -0.2) is 0 Å². The monoisotopic (exact) mass is 343 g/mol. The summed E-state index contributed by atoms with van der Waals surface area (Å²) in [5.41, 5.74) is 1.62. The Hall–Kier alpha value is -1.55. The molecule has 4 heteroatoms. The number of nitrogens with zero attached hydrogens (tertiary/aromatic N) is 1. The van der Waals surface area contributed by atoms with Gasteiger partial charge in [0.1, 0.15) is 0 Å². The third-order valence-corrected chi connectivity index (χ3v) is 5.81. The number of benzene rings is 1. The summed E-state index contributed by atoms with van der Waals surface area (Å²) >= 11 is 0. The molecule has 1 aromatic carbocycles. The van der Waals surface area contributed by atoms with Crippen molar-refractivity contribution in [2.45, 2.75) is 63.8 Å². The van der Waals surface area contributed by atoms with Crippen LogP contribution >= 0.6 is 0 Å². The molecule has 0 spiro atoms. The Morgan fingerprint density at radius 2 is 1.96 bits per heavy atom. The lowest BCUT2D eigenvalue weighted by atomic mass is 9.72. The molecule has 3 N–H and O–H groups in total. The first-order valence-electron chi connectivity index (χ1n) is 9.97. The van der Waals surface area contributed by atoms with Gasteiger partial charge in [-0.15, -0.1) is 0 Å². The van der Waals surface area contributed by atoms with Gasteiger partial charge < -0.3 is 15.7 Å². The van der Waals surface area contributed by atoms with Crippen molar-refractivity contribution in [3.63, 3.8) is 0 Å². The summed E-state index contributed by atoms with van der Waals surface area (Å²) in [6.45, 7) is 4.09. The van der Waals surface area contributed by atoms with Crippen LogP contribution in [0.15, 0.2) is 35.3 Å². The second-order valence-corrected chi connectivity index (χ2v) is 7.73. The van der Waals surface area contributed by atoms with Gasteiger partial charge in [0, 0.05) is 31.7 Å². The molecule has 2 saturated carbocycles. The fraction of sp³-hybridized carbons (Fsp3) is 0.667. The van der Waals surface area contributed by atoms with E-state index in [-0.39, 0.29) is 12.0 Å². The largest absolute Gasteiger partial charge is 0.396 e. The Bertz CT molecular complexity index is 546. The molecule has 0 amide bonds. The Morgan fingerprint density at radius 1 is 1.20 bits per heavy atom. The molecule has 0 saturated heterocycles. The minimum Gasteiger partial charge on any atom is -0.396 e. The second kappa shape index (κ2) is 8.70. The highest BCUT2D eigenvalue weighted by Crippen LogP contribution is 2.41. The molecule has 0 radical (unpaired) electrons. The van der Waals surface area contributed by atoms with Crippen molar-refractivity contribution in [3.05, 3.63) is 35.9 Å². The lowest BCUT2D eigenvalue weighted by molar-refractivity contribution is 0.137. The first kappa shape index (κ1) is 18.2. The van der Waals surface area contributed by atoms with E-state index < -0.39 is 0 Å². The number of aliphatic hydroxyl groups excluding tert-OH is 1. The summed E-state index contributed by atoms with van der Waals surface area (Å²) in [6, 6.07) is 11.2. The van der Waals surface area contributed by atoms with Crippen LogP contribution in [0.4, 0.5) is 0 Å². The maximum Gasteiger partial charge on any atom is 0.191 e. The fourth-order valence-corrected chi connectivity index (χ4v) is 4.19. The molecule has 2 atom stereocenters. The van der Waals surface area contributed by atoms with Gasteiger partial charge in [0.15, 0.2) is 5.96 Å². The summed E-state index contributed by atoms with van der Waals surface area (Å²) in [6.07, 6.45) is 8.34. The van der Waals surface area contributed by atoms with E-state index in [1.165, 1.54) is 44.1 Å². The van der Waals surface area contributed by atoms with Gasteiger partial charge in [-0.3, -0.25) is 4.99 Å². The minimum atomic E-state index is 0.206. The van der Waals surface area contributed by atoms with Gasteiger partial charge >= 0.3 is 0 Å². The Labute approximate surface area is 152 Å². The molecule has 2 fully saturated rings. The molecule has 0 heterocycles. The van der Waals surface area contributed by atoms with Crippen LogP contribution in [0, 0.1) is 5.41 Å². The molecular formula is C21H33N3O. The number of hydrogen-bond acceptors (Lipinski definition) is 2. The van der Waals surface area contributed by atoms with E-state index in [2.05, 4.69) is 47.9 Å². The second-order valence-electron chi connectivity index (χ2n) is 7.73. The van der Waals surface area contributed by atoms with Crippen molar-refractivity contribution in [2.24, 2.45) is 10.4 Å². The standard InChI is InChI=1S/C21H33N3O/c1-2-22-20(23-16-21(13-14-25)11-7-4-8-12-21)24-19-15-18(19)17-9-5-3-6-10-17/h3,5-6,9-10,18-19,25H,2,4,7-8,11-16H2,1H3,(H2,22,23,24). The average Bonchev–Trinajstić information content (AvgIpc) is 3.41. The number of aliphatic hydroxyl groups is 1. The fourth-order valence-electron chi connectivity index (χ4n) is 4.19. The van der Waals surface area contributed by atoms with Crippen molar-refractivity contribution in [1.82, 2.24) is 10.6 Å². The number of nitrogens with one attached hydrogen (secondary N) is 2. The predicted octanol–water partition coefficient (Wildman–Crippen LogP) is 3.43. The Balaban J connectivity index is 1.59. The lowest BCUT2D eigenvalue weighted by Crippen LogP contribution is -2.40. The van der Waals surface area contributed by atoms with Gasteiger partial charge in [-0.2, -0.15) is 0 Å². The van der Waals surface area contributed by atoms with Gasteiger partial charge in [-0.1, -0.05) is 49.6 Å². The molecule has 25 heavy (non-hydrogen) atoms. The van der Waals surface area contributed by atoms with Crippen LogP contribution in [0.2, 0.25) is 0 Å². The lowest BCUT2D eigenvalue weighted by Gasteiger charge is -2.35. The quantitative estimate of drug-likeness (QED) is 0.525. The molecule has 3 rings (SSSR count). The van der Waals surface area contributed by atoms with Crippen LogP contribution in [0.25, 0.3) is 0 Å². The molecule has 1 aromatic rings. The van der Waals surface area contributed by atoms with E-state index in [0.717, 1.165) is 25.5 Å². The van der Waals surface area contributed by atoms with Gasteiger partial charge in [-0.05, 0) is 43.6 Å². The molecule has 2 unspecified atom stereocenters. The molecule has 2 aliphatic rings. The molecule has 0 aromatic heterocycles. The van der Waals surface area contributed by atoms with Crippen molar-refractivity contribution >= 4 is 5.96 Å². The molecule has 0 aliphatic heterocycles. The van der Waals surface area contributed by atoms with Crippen LogP contribution in [0.1, 0.15) is 63.4 Å². The maximum absolute atomic E-state index is 9.49. The van der Waals surface area contributed by atoms with Crippen molar-refractivity contribution in [3.8, 4) is 0 Å². The summed E-state index contributed by atoms with van der Waals surface area (Å²) in [5, 5.41) is 16.5. The summed E-state index contributed by atoms with van der Waals surface area (Å²) in [7, 11) is 0. The third-order valence-electron chi connectivity index (χ3n) is 5.81. The SMILES string of the molecule is CCNC(=NCC1(CCO)CCCCC1)NC1CC1c1ccccc1. The van der Waals surface area contributed by atoms with Gasteiger partial charge in [0.2, 0.25) is 0 Å². The van der Waals surface area contributed by atoms with E-state index in [1.54, 1.807) is 0 Å². The first-order chi connectivity index (χ1) is 12.3. The molecule has 0 bridgehead atoms. The van der Waals surface area contributed by atoms with E-state index in [1.807, 2.05) is 0 Å². The number of hydrogen-bond donors (Lipinski definition) is 3. The van der Waals surface area contributed by atoms with Crippen LogP contribution in [0.3, 0.4) is 0 Å². The topological polar surface area (TPSA) is 56.7 Å². The molecule has 138 valence electrons. The average molecular weight is 344 g/mol. The zero-order chi connectivity index (χ0) is 17.5. The zero-order valence-corrected chi connectivity index (χ0v) is 15.5. The molecule has 4 nitrogen and oxygen atoms in total. The van der Waals surface area contributed by atoms with Crippen molar-refractivity contribution in [1.29, 1.82) is 0 Å². The predicted molar refractivity (Wildman–Crippen MR) is 104 cm³/mol. The Kier molecular flexibility index (Phi) is 6.35. The van der Waals surface area contributed by atoms with Crippen LogP contribution in [0.5, 0.6) is 0 Å². The normalized spacial score (nSPS) is 25.4. The first-order valence-corrected chi connectivity index (χ1v) is 9.97. The van der Waals surface area contributed by atoms with E-state index >= 15 is 0 Å². The summed E-state index contributed by atoms with van der Waals surface area (Å²) in [5.74, 6) is 1.54. The third kappa shape index (κ3) is 4.97. The zero-order valence-electron chi connectivity index (χ0n) is 15.5. The molecule has 2 aliphatic carbocycles. The summed E-state index contributed by atoms with van der Waals surface area (Å²) in [4.78, 5) is 4.92. The van der Waals surface area contributed by atoms with Crippen molar-refractivity contribution < 1.29 is 5.11 Å². The Morgan fingerprint density at radius 3 is 2.64 bits per heavy atom. The van der Waals surface area contributed by atoms with Crippen LogP contribution in [-0.2, 0) is 0 Å². The number of rotatable bonds is 7. The minimum absolute atomic E-state index is 0.206. The number of guanidine groups is 1. The highest BCUT2D eigenvalue weighted by Gasteiger charge is 2.39. The highest BCUT2D eigenvalue weighted by atomic mass is 16.3. The van der Waals surface area contributed by atoms with Crippen LogP contribution in [-0.4, -0.2) is 36.8 Å². The van der Waals surface area contributed by atoms with E-state index in [4.69, 9.17) is 4.99 Å². The molecular weight excluding hydrogens is 310 g/mol. The van der Waals surface area contributed by atoms with E-state index in [9.17, 15) is 5.11 Å². The van der Waals surface area contributed by atoms with Crippen molar-refractivity contribution in [2.75, 3.05) is 19.7 Å². The van der Waals surface area contributed by atoms with E-state index in [0.29, 0.717) is 12.0 Å². The summed E-state index contributed by atoms with van der Waals surface area (Å²) < 4.78 is 0. The highest BCUT2D eigenvalue weighted by molar-refractivity contribution is 5.80.